The van der Waals surface area contributed by atoms with E-state index in [-0.39, 0.29) is 4.88 Å². The molecule has 2 aromatic carbocycles. The fourth-order valence-electron chi connectivity index (χ4n) is 2.91. The van der Waals surface area contributed by atoms with Gasteiger partial charge in [0, 0.05) is 28.2 Å². The number of thiophene rings is 1. The van der Waals surface area contributed by atoms with Crippen molar-refractivity contribution < 1.29 is 14.4 Å². The number of benzene rings is 2. The molecule has 1 unspecified atom stereocenters. The molecule has 4 aromatic rings. The van der Waals surface area contributed by atoms with Crippen molar-refractivity contribution in [2.75, 3.05) is 12.2 Å². The summed E-state index contributed by atoms with van der Waals surface area (Å²) in [6.07, 6.45) is 0. The molecule has 0 aliphatic rings. The van der Waals surface area contributed by atoms with Crippen LogP contribution in [0.5, 0.6) is 0 Å². The predicted molar refractivity (Wildman–Crippen MR) is 133 cm³/mol. The van der Waals surface area contributed by atoms with E-state index in [0.29, 0.717) is 5.69 Å². The van der Waals surface area contributed by atoms with E-state index in [0.717, 1.165) is 32.6 Å². The minimum Gasteiger partial charge on any atom is -0.477 e. The molecule has 0 spiro atoms. The van der Waals surface area contributed by atoms with Gasteiger partial charge in [0.2, 0.25) is 0 Å². The lowest BCUT2D eigenvalue weighted by Gasteiger charge is -2.17. The first-order valence-electron chi connectivity index (χ1n) is 9.59. The predicted octanol–water partition coefficient (Wildman–Crippen LogP) is 5.97. The lowest BCUT2D eigenvalue weighted by molar-refractivity contribution is 0.0703. The van der Waals surface area contributed by atoms with Crippen LogP contribution in [0.4, 0.5) is 5.69 Å². The number of carboxylic acids is 1. The van der Waals surface area contributed by atoms with Crippen molar-refractivity contribution in [1.82, 2.24) is 4.98 Å². The molecule has 0 saturated carbocycles. The smallest absolute Gasteiger partial charge is 0.348 e. The fraction of sp³-hybridized carbons (Fsp3) is 0.0833. The Morgan fingerprint density at radius 1 is 1.12 bits per heavy atom. The van der Waals surface area contributed by atoms with Gasteiger partial charge in [-0.05, 0) is 36.6 Å². The van der Waals surface area contributed by atoms with Crippen molar-refractivity contribution in [2.45, 2.75) is 6.92 Å². The third kappa shape index (κ3) is 5.24. The van der Waals surface area contributed by atoms with Gasteiger partial charge in [-0.2, -0.15) is 0 Å². The molecule has 4 rings (SSSR count). The van der Waals surface area contributed by atoms with Crippen LogP contribution >= 0.6 is 31.0 Å². The van der Waals surface area contributed by atoms with E-state index in [4.69, 9.17) is 4.52 Å². The summed E-state index contributed by atoms with van der Waals surface area (Å²) >= 11 is 2.75. The maximum atomic E-state index is 11.9. The van der Waals surface area contributed by atoms with E-state index in [1.165, 1.54) is 22.7 Å². The summed E-state index contributed by atoms with van der Waals surface area (Å²) in [6.45, 7) is 2.02. The summed E-state index contributed by atoms with van der Waals surface area (Å²) in [5.74, 6) is 5.15. The van der Waals surface area contributed by atoms with E-state index in [1.807, 2.05) is 66.9 Å². The van der Waals surface area contributed by atoms with E-state index in [2.05, 4.69) is 21.9 Å². The second kappa shape index (κ2) is 10.1. The van der Waals surface area contributed by atoms with Crippen LogP contribution in [0.3, 0.4) is 0 Å². The second-order valence-corrected chi connectivity index (χ2v) is 10.2. The van der Waals surface area contributed by atoms with Crippen LogP contribution in [0.1, 0.15) is 26.5 Å². The van der Waals surface area contributed by atoms with Crippen molar-refractivity contribution in [2.24, 2.45) is 0 Å². The quantitative estimate of drug-likeness (QED) is 0.264. The zero-order chi connectivity index (χ0) is 22.5. The van der Waals surface area contributed by atoms with Gasteiger partial charge in [-0.15, -0.1) is 22.7 Å². The van der Waals surface area contributed by atoms with Crippen molar-refractivity contribution in [3.05, 3.63) is 87.2 Å². The standard InChI is InChI=1S/C24H19N2O3PS2/c1-16-3-11-20(12-4-16)30(29-2)26-21-13-22(32-23(21)24(27)28)18-8-5-17(6-9-18)7-10-19-14-31-15-25-19/h3-6,8-9,11-15,26H,1-2H3,(H,27,28). The molecule has 8 heteroatoms. The Bertz CT molecular complexity index is 1270. The largest absolute Gasteiger partial charge is 0.477 e. The number of anilines is 1. The van der Waals surface area contributed by atoms with Gasteiger partial charge < -0.3 is 14.7 Å². The van der Waals surface area contributed by atoms with E-state index in [9.17, 15) is 9.90 Å². The summed E-state index contributed by atoms with van der Waals surface area (Å²) in [7, 11) is 0.426. The molecule has 2 heterocycles. The normalized spacial score (nSPS) is 11.4. The first-order chi connectivity index (χ1) is 15.5. The van der Waals surface area contributed by atoms with Crippen LogP contribution in [0.25, 0.3) is 10.4 Å². The SMILES string of the molecule is COP(Nc1cc(-c2ccc(C#Cc3cscn3)cc2)sc1C(=O)O)c1ccc(C)cc1. The van der Waals surface area contributed by atoms with Gasteiger partial charge in [0.1, 0.15) is 10.6 Å². The van der Waals surface area contributed by atoms with Gasteiger partial charge in [0.15, 0.2) is 8.30 Å². The fourth-order valence-corrected chi connectivity index (χ4v) is 5.67. The van der Waals surface area contributed by atoms with Gasteiger partial charge in [-0.1, -0.05) is 47.9 Å². The number of aromatic carboxylic acids is 1. The third-order valence-corrected chi connectivity index (χ3v) is 7.87. The molecule has 2 N–H and O–H groups in total. The highest BCUT2D eigenvalue weighted by Crippen LogP contribution is 2.42. The number of aryl methyl sites for hydroxylation is 1. The number of hydrogen-bond acceptors (Lipinski definition) is 6. The number of thiazole rings is 1. The molecule has 2 aromatic heterocycles. The second-order valence-electron chi connectivity index (χ2n) is 6.78. The van der Waals surface area contributed by atoms with Crippen LogP contribution in [-0.2, 0) is 4.52 Å². The van der Waals surface area contributed by atoms with E-state index >= 15 is 0 Å². The Kier molecular flexibility index (Phi) is 6.99. The highest BCUT2D eigenvalue weighted by atomic mass is 32.1. The zero-order valence-electron chi connectivity index (χ0n) is 17.3. The molecule has 0 amide bonds. The van der Waals surface area contributed by atoms with Crippen LogP contribution in [0.15, 0.2) is 65.5 Å². The molecule has 5 nitrogen and oxygen atoms in total. The lowest BCUT2D eigenvalue weighted by atomic mass is 10.1. The molecule has 0 aliphatic heterocycles. The van der Waals surface area contributed by atoms with Crippen molar-refractivity contribution >= 4 is 47.9 Å². The molecule has 0 radical (unpaired) electrons. The monoisotopic (exact) mass is 478 g/mol. The first kappa shape index (κ1) is 22.2. The number of carbonyl (C=O) groups is 1. The molecule has 0 saturated heterocycles. The number of nitrogens with zero attached hydrogens (tertiary/aromatic N) is 1. The minimum absolute atomic E-state index is 0.254. The van der Waals surface area contributed by atoms with Gasteiger partial charge in [0.05, 0.1) is 11.2 Å². The van der Waals surface area contributed by atoms with Gasteiger partial charge >= 0.3 is 5.97 Å². The topological polar surface area (TPSA) is 71.5 Å². The summed E-state index contributed by atoms with van der Waals surface area (Å²) in [5.41, 5.74) is 6.02. The summed E-state index contributed by atoms with van der Waals surface area (Å²) in [5, 5.41) is 15.9. The summed E-state index contributed by atoms with van der Waals surface area (Å²) in [4.78, 5) is 17.2. The Morgan fingerprint density at radius 2 is 1.88 bits per heavy atom. The number of rotatable bonds is 6. The first-order valence-corrected chi connectivity index (χ1v) is 12.6. The lowest BCUT2D eigenvalue weighted by Crippen LogP contribution is -2.09. The minimum atomic E-state index is -1.20. The molecule has 0 bridgehead atoms. The maximum absolute atomic E-state index is 11.9. The molecule has 32 heavy (non-hydrogen) atoms. The van der Waals surface area contributed by atoms with Gasteiger partial charge in [0.25, 0.3) is 0 Å². The van der Waals surface area contributed by atoms with E-state index < -0.39 is 14.3 Å². The molecule has 0 fully saturated rings. The molecular formula is C24H19N2O3PS2. The number of hydrogen-bond donors (Lipinski definition) is 2. The Labute approximate surface area is 195 Å². The Hall–Kier alpha value is -3.01. The van der Waals surface area contributed by atoms with Crippen molar-refractivity contribution in [3.63, 3.8) is 0 Å². The molecule has 0 aliphatic carbocycles. The van der Waals surface area contributed by atoms with Crippen LogP contribution in [0, 0.1) is 18.8 Å². The number of aromatic nitrogens is 1. The average molecular weight is 479 g/mol. The third-order valence-electron chi connectivity index (χ3n) is 4.54. The van der Waals surface area contributed by atoms with Crippen molar-refractivity contribution in [3.8, 4) is 22.3 Å². The van der Waals surface area contributed by atoms with E-state index in [1.54, 1.807) is 12.6 Å². The molecular weight excluding hydrogens is 459 g/mol. The summed E-state index contributed by atoms with van der Waals surface area (Å²) in [6, 6.07) is 17.6. The average Bonchev–Trinajstić information content (AvgIpc) is 3.47. The molecule has 1 atom stereocenters. The van der Waals surface area contributed by atoms with Crippen LogP contribution in [-0.4, -0.2) is 23.2 Å². The van der Waals surface area contributed by atoms with Crippen LogP contribution < -0.4 is 10.4 Å². The van der Waals surface area contributed by atoms with Crippen LogP contribution in [0.2, 0.25) is 0 Å². The van der Waals surface area contributed by atoms with Gasteiger partial charge in [-0.3, -0.25) is 0 Å². The highest BCUT2D eigenvalue weighted by molar-refractivity contribution is 7.62. The van der Waals surface area contributed by atoms with Gasteiger partial charge in [-0.25, -0.2) is 9.78 Å². The Balaban J connectivity index is 1.58. The Morgan fingerprint density at radius 3 is 2.50 bits per heavy atom. The zero-order valence-corrected chi connectivity index (χ0v) is 19.9. The summed E-state index contributed by atoms with van der Waals surface area (Å²) < 4.78 is 5.65. The number of carboxylic acid groups (broad SMARTS) is 1. The number of nitrogens with one attached hydrogen (secondary N) is 1. The maximum Gasteiger partial charge on any atom is 0.348 e. The highest BCUT2D eigenvalue weighted by Gasteiger charge is 2.20. The van der Waals surface area contributed by atoms with Crippen molar-refractivity contribution in [1.29, 1.82) is 0 Å². The molecule has 160 valence electrons.